The summed E-state index contributed by atoms with van der Waals surface area (Å²) in [5, 5.41) is 2.92. The fourth-order valence-electron chi connectivity index (χ4n) is 3.65. The van der Waals surface area contributed by atoms with Gasteiger partial charge < -0.3 is 10.2 Å². The van der Waals surface area contributed by atoms with Gasteiger partial charge in [0.25, 0.3) is 11.8 Å². The second kappa shape index (κ2) is 8.25. The number of benzene rings is 1. The number of carbonyl (C=O) groups is 2. The van der Waals surface area contributed by atoms with Crippen LogP contribution in [-0.2, 0) is 6.42 Å². The van der Waals surface area contributed by atoms with Crippen LogP contribution in [0.3, 0.4) is 0 Å². The fraction of sp³-hybridized carbons (Fsp3) is 0.318. The van der Waals surface area contributed by atoms with E-state index in [0.29, 0.717) is 17.8 Å². The third-order valence-electron chi connectivity index (χ3n) is 5.14. The van der Waals surface area contributed by atoms with E-state index in [1.807, 2.05) is 53.4 Å². The molecule has 0 bridgehead atoms. The standard InChI is InChI=1S/C22H24N4O2/c27-21(23-13-12-17-9-3-1-4-10-17)20-24-19(18-11-5-8-16-26(18)20)22(28)25-14-6-2-7-15-25/h1,3-5,8-11,16H,2,6-7,12-15H2,(H,23,27). The van der Waals surface area contributed by atoms with Gasteiger partial charge in [-0.2, -0.15) is 0 Å². The Morgan fingerprint density at radius 1 is 0.964 bits per heavy atom. The molecular formula is C22H24N4O2. The highest BCUT2D eigenvalue weighted by Gasteiger charge is 2.25. The average Bonchev–Trinajstić information content (AvgIpc) is 3.14. The minimum absolute atomic E-state index is 0.0910. The Bertz CT molecular complexity index is 975. The van der Waals surface area contributed by atoms with E-state index >= 15 is 0 Å². The second-order valence-electron chi connectivity index (χ2n) is 7.08. The molecule has 0 radical (unpaired) electrons. The predicted octanol–water partition coefficient (Wildman–Crippen LogP) is 2.93. The molecule has 144 valence electrons. The van der Waals surface area contributed by atoms with Gasteiger partial charge in [0.1, 0.15) is 0 Å². The van der Waals surface area contributed by atoms with Crippen molar-refractivity contribution in [2.24, 2.45) is 0 Å². The van der Waals surface area contributed by atoms with Crippen LogP contribution in [0.25, 0.3) is 5.52 Å². The molecule has 1 N–H and O–H groups in total. The van der Waals surface area contributed by atoms with Crippen LogP contribution in [0, 0.1) is 0 Å². The largest absolute Gasteiger partial charge is 0.349 e. The molecule has 3 heterocycles. The Labute approximate surface area is 164 Å². The molecule has 0 aliphatic carbocycles. The molecule has 6 heteroatoms. The first kappa shape index (κ1) is 18.2. The zero-order chi connectivity index (χ0) is 19.3. The Morgan fingerprint density at radius 2 is 1.71 bits per heavy atom. The van der Waals surface area contributed by atoms with Crippen molar-refractivity contribution in [1.82, 2.24) is 19.6 Å². The first-order valence-electron chi connectivity index (χ1n) is 9.82. The normalized spacial score (nSPS) is 14.2. The Kier molecular flexibility index (Phi) is 5.37. The van der Waals surface area contributed by atoms with Crippen molar-refractivity contribution in [3.05, 3.63) is 71.8 Å². The molecule has 1 saturated heterocycles. The Hall–Kier alpha value is -3.15. The third kappa shape index (κ3) is 3.76. The molecule has 1 aliphatic heterocycles. The summed E-state index contributed by atoms with van der Waals surface area (Å²) in [6.45, 7) is 2.02. The maximum atomic E-state index is 13.0. The van der Waals surface area contributed by atoms with Crippen LogP contribution < -0.4 is 5.32 Å². The number of piperidine rings is 1. The van der Waals surface area contributed by atoms with E-state index in [0.717, 1.165) is 44.3 Å². The molecule has 2 amide bonds. The zero-order valence-corrected chi connectivity index (χ0v) is 15.8. The lowest BCUT2D eigenvalue weighted by molar-refractivity contribution is 0.0721. The molecular weight excluding hydrogens is 352 g/mol. The first-order chi connectivity index (χ1) is 13.7. The summed E-state index contributed by atoms with van der Waals surface area (Å²) >= 11 is 0. The maximum absolute atomic E-state index is 13.0. The smallest absolute Gasteiger partial charge is 0.287 e. The number of nitrogens with zero attached hydrogens (tertiary/aromatic N) is 3. The van der Waals surface area contributed by atoms with E-state index in [9.17, 15) is 9.59 Å². The highest BCUT2D eigenvalue weighted by molar-refractivity contribution is 6.02. The van der Waals surface area contributed by atoms with E-state index in [1.165, 1.54) is 0 Å². The van der Waals surface area contributed by atoms with Crippen LogP contribution in [0.15, 0.2) is 54.7 Å². The van der Waals surface area contributed by atoms with Gasteiger partial charge in [-0.25, -0.2) is 4.98 Å². The first-order valence-corrected chi connectivity index (χ1v) is 9.82. The molecule has 1 aromatic carbocycles. The van der Waals surface area contributed by atoms with Crippen LogP contribution in [-0.4, -0.2) is 45.7 Å². The average molecular weight is 376 g/mol. The molecule has 2 aromatic heterocycles. The summed E-state index contributed by atoms with van der Waals surface area (Å²) in [6.07, 6.45) is 5.72. The molecule has 0 atom stereocenters. The minimum Gasteiger partial charge on any atom is -0.349 e. The summed E-state index contributed by atoms with van der Waals surface area (Å²) in [4.78, 5) is 32.0. The Balaban J connectivity index is 1.53. The minimum atomic E-state index is -0.269. The number of amides is 2. The van der Waals surface area contributed by atoms with Crippen molar-refractivity contribution >= 4 is 17.3 Å². The quantitative estimate of drug-likeness (QED) is 0.745. The van der Waals surface area contributed by atoms with E-state index in [1.54, 1.807) is 10.6 Å². The summed E-state index contributed by atoms with van der Waals surface area (Å²) in [7, 11) is 0. The molecule has 4 rings (SSSR count). The fourth-order valence-corrected chi connectivity index (χ4v) is 3.65. The molecule has 1 aliphatic rings. The van der Waals surface area contributed by atoms with Crippen molar-refractivity contribution in [2.75, 3.05) is 19.6 Å². The third-order valence-corrected chi connectivity index (χ3v) is 5.14. The van der Waals surface area contributed by atoms with E-state index in [4.69, 9.17) is 0 Å². The monoisotopic (exact) mass is 376 g/mol. The van der Waals surface area contributed by atoms with E-state index in [2.05, 4.69) is 10.3 Å². The van der Waals surface area contributed by atoms with Crippen molar-refractivity contribution in [3.63, 3.8) is 0 Å². The number of rotatable bonds is 5. The lowest BCUT2D eigenvalue weighted by atomic mass is 10.1. The van der Waals surface area contributed by atoms with E-state index < -0.39 is 0 Å². The molecule has 0 spiro atoms. The van der Waals surface area contributed by atoms with Crippen LogP contribution in [0.1, 0.15) is 45.9 Å². The maximum Gasteiger partial charge on any atom is 0.287 e. The highest BCUT2D eigenvalue weighted by atomic mass is 16.2. The number of likely N-dealkylation sites (tertiary alicyclic amines) is 1. The second-order valence-corrected chi connectivity index (χ2v) is 7.08. The van der Waals surface area contributed by atoms with Crippen LogP contribution in [0.4, 0.5) is 0 Å². The van der Waals surface area contributed by atoms with Gasteiger partial charge in [-0.05, 0) is 43.4 Å². The SMILES string of the molecule is O=C(NCCc1ccccc1)c1nc(C(=O)N2CCCCC2)c2ccccn12. The number of fused-ring (bicyclic) bond motifs is 1. The Morgan fingerprint density at radius 3 is 2.50 bits per heavy atom. The van der Waals surface area contributed by atoms with Crippen molar-refractivity contribution < 1.29 is 9.59 Å². The molecule has 1 fully saturated rings. The van der Waals surface area contributed by atoms with Gasteiger partial charge in [-0.15, -0.1) is 0 Å². The number of imidazole rings is 1. The number of aromatic nitrogens is 2. The van der Waals surface area contributed by atoms with Gasteiger partial charge in [0.05, 0.1) is 5.52 Å². The molecule has 0 saturated carbocycles. The predicted molar refractivity (Wildman–Crippen MR) is 107 cm³/mol. The number of carbonyl (C=O) groups excluding carboxylic acids is 2. The topological polar surface area (TPSA) is 66.7 Å². The van der Waals surface area contributed by atoms with Crippen molar-refractivity contribution in [2.45, 2.75) is 25.7 Å². The van der Waals surface area contributed by atoms with Gasteiger partial charge >= 0.3 is 0 Å². The van der Waals surface area contributed by atoms with Gasteiger partial charge in [0, 0.05) is 25.8 Å². The van der Waals surface area contributed by atoms with Gasteiger partial charge in [0.2, 0.25) is 5.82 Å². The highest BCUT2D eigenvalue weighted by Crippen LogP contribution is 2.18. The number of hydrogen-bond donors (Lipinski definition) is 1. The number of pyridine rings is 1. The van der Waals surface area contributed by atoms with Gasteiger partial charge in [0.15, 0.2) is 5.69 Å². The zero-order valence-electron chi connectivity index (χ0n) is 15.8. The number of nitrogens with one attached hydrogen (secondary N) is 1. The molecule has 6 nitrogen and oxygen atoms in total. The lowest BCUT2D eigenvalue weighted by Crippen LogP contribution is -2.36. The molecule has 0 unspecified atom stereocenters. The van der Waals surface area contributed by atoms with Crippen LogP contribution in [0.2, 0.25) is 0 Å². The van der Waals surface area contributed by atoms with Gasteiger partial charge in [-0.1, -0.05) is 36.4 Å². The number of hydrogen-bond acceptors (Lipinski definition) is 3. The summed E-state index contributed by atoms with van der Waals surface area (Å²) in [6, 6.07) is 15.5. The van der Waals surface area contributed by atoms with E-state index in [-0.39, 0.29) is 17.6 Å². The summed E-state index contributed by atoms with van der Waals surface area (Å²) in [5.41, 5.74) is 2.19. The lowest BCUT2D eigenvalue weighted by Gasteiger charge is -2.25. The van der Waals surface area contributed by atoms with Crippen LogP contribution >= 0.6 is 0 Å². The van der Waals surface area contributed by atoms with Gasteiger partial charge in [-0.3, -0.25) is 14.0 Å². The summed E-state index contributed by atoms with van der Waals surface area (Å²) in [5.74, 6) is -0.106. The molecule has 28 heavy (non-hydrogen) atoms. The van der Waals surface area contributed by atoms with Crippen molar-refractivity contribution in [3.8, 4) is 0 Å². The summed E-state index contributed by atoms with van der Waals surface area (Å²) < 4.78 is 1.70. The van der Waals surface area contributed by atoms with Crippen molar-refractivity contribution in [1.29, 1.82) is 0 Å². The molecule has 3 aromatic rings. The van der Waals surface area contributed by atoms with Crippen LogP contribution in [0.5, 0.6) is 0 Å².